The van der Waals surface area contributed by atoms with Gasteiger partial charge in [0.2, 0.25) is 20.9 Å². The van der Waals surface area contributed by atoms with Gasteiger partial charge in [-0.2, -0.15) is 9.97 Å². The van der Waals surface area contributed by atoms with Crippen molar-refractivity contribution in [2.45, 2.75) is 83.1 Å². The topological polar surface area (TPSA) is 267 Å². The molecule has 0 unspecified atom stereocenters. The summed E-state index contributed by atoms with van der Waals surface area (Å²) in [4.78, 5) is 41.9. The van der Waals surface area contributed by atoms with E-state index in [2.05, 4.69) is 25.3 Å². The van der Waals surface area contributed by atoms with Crippen LogP contribution >= 0.6 is 0 Å². The lowest BCUT2D eigenvalue weighted by atomic mass is 10.1. The number of fused-ring (bicyclic) bond motifs is 2. The number of sulfone groups is 1. The van der Waals surface area contributed by atoms with Crippen molar-refractivity contribution < 1.29 is 55.9 Å². The lowest BCUT2D eigenvalue weighted by Crippen LogP contribution is -2.36. The fourth-order valence-corrected chi connectivity index (χ4v) is 5.69. The molecule has 0 amide bonds. The highest BCUT2D eigenvalue weighted by Gasteiger charge is 2.22. The van der Waals surface area contributed by atoms with Crippen molar-refractivity contribution in [3.8, 4) is 23.0 Å². The molecule has 2 atom stereocenters. The van der Waals surface area contributed by atoms with E-state index in [4.69, 9.17) is 20.3 Å². The van der Waals surface area contributed by atoms with Crippen molar-refractivity contribution >= 4 is 37.9 Å². The Balaban J connectivity index is 0.000000249. The van der Waals surface area contributed by atoms with Gasteiger partial charge >= 0.3 is 0 Å². The predicted octanol–water partition coefficient (Wildman–Crippen LogP) is 3.79. The number of benzene rings is 2. The molecule has 18 nitrogen and oxygen atoms in total. The minimum Gasteiger partial charge on any atom is -0.448 e. The summed E-state index contributed by atoms with van der Waals surface area (Å²) in [5.41, 5.74) is 2.93. The molecule has 0 aliphatic carbocycles. The molecular formula is C41H48F4N8O10S. The van der Waals surface area contributed by atoms with Crippen LogP contribution in [-0.2, 0) is 22.9 Å². The van der Waals surface area contributed by atoms with E-state index in [-0.39, 0.29) is 71.9 Å². The van der Waals surface area contributed by atoms with Crippen LogP contribution in [0.15, 0.2) is 75.7 Å². The summed E-state index contributed by atoms with van der Waals surface area (Å²) in [6, 6.07) is 7.89. The van der Waals surface area contributed by atoms with Gasteiger partial charge in [-0.3, -0.25) is 18.7 Å². The fourth-order valence-electron chi connectivity index (χ4n) is 5.20. The zero-order valence-corrected chi connectivity index (χ0v) is 36.5. The van der Waals surface area contributed by atoms with Crippen LogP contribution in [-0.4, -0.2) is 101 Å². The van der Waals surface area contributed by atoms with Crippen molar-refractivity contribution in [3.05, 3.63) is 105 Å². The van der Waals surface area contributed by atoms with E-state index in [1.807, 2.05) is 0 Å². The van der Waals surface area contributed by atoms with Crippen LogP contribution in [0.3, 0.4) is 0 Å². The molecule has 0 fully saturated rings. The van der Waals surface area contributed by atoms with Crippen LogP contribution in [0.25, 0.3) is 22.1 Å². The fraction of sp³-hybridized carbons (Fsp3) is 0.366. The molecule has 23 heteroatoms. The lowest BCUT2D eigenvalue weighted by Gasteiger charge is -2.23. The Hall–Kier alpha value is -6.11. The molecular weight excluding hydrogens is 873 g/mol. The van der Waals surface area contributed by atoms with Gasteiger partial charge in [0.25, 0.3) is 11.1 Å². The van der Waals surface area contributed by atoms with Gasteiger partial charge in [0, 0.05) is 47.1 Å². The summed E-state index contributed by atoms with van der Waals surface area (Å²) in [7, 11) is -3.74. The van der Waals surface area contributed by atoms with Crippen molar-refractivity contribution in [2.75, 3.05) is 24.8 Å². The number of hydrogen-bond acceptors (Lipinski definition) is 16. The molecule has 6 rings (SSSR count). The minimum atomic E-state index is -3.74. The van der Waals surface area contributed by atoms with E-state index in [9.17, 15) is 50.9 Å². The number of nitrogens with two attached hydrogens (primary N) is 1. The van der Waals surface area contributed by atoms with E-state index in [0.29, 0.717) is 17.5 Å². The summed E-state index contributed by atoms with van der Waals surface area (Å²) in [6.45, 7) is 9.51. The number of aliphatic hydroxyl groups is 4. The first kappa shape index (κ1) is 50.5. The predicted molar refractivity (Wildman–Crippen MR) is 227 cm³/mol. The normalized spacial score (nSPS) is 12.8. The highest BCUT2D eigenvalue weighted by molar-refractivity contribution is 7.90. The number of rotatable bonds is 13. The smallest absolute Gasteiger partial charge is 0.295 e. The second-order valence-corrected chi connectivity index (χ2v) is 17.8. The van der Waals surface area contributed by atoms with Gasteiger partial charge in [-0.25, -0.2) is 35.9 Å². The highest BCUT2D eigenvalue weighted by atomic mass is 32.2. The lowest BCUT2D eigenvalue weighted by molar-refractivity contribution is 0.173. The Morgan fingerprint density at radius 3 is 1.52 bits per heavy atom. The van der Waals surface area contributed by atoms with Crippen LogP contribution in [0.1, 0.15) is 41.5 Å². The Labute approximate surface area is 363 Å². The van der Waals surface area contributed by atoms with Crippen molar-refractivity contribution in [2.24, 2.45) is 5.73 Å². The quantitative estimate of drug-likeness (QED) is 0.0711. The van der Waals surface area contributed by atoms with E-state index in [1.54, 1.807) is 27.7 Å². The SMILES string of the molecule is CC(C)(N)CO.C[C@@H](O)Cn1c(=O)c(Oc2ccc(F)cc2F)cc2cnc(S(C)(=O)=O)nc21.C[C@H](O)Cn1c(=O)c(Oc2ccc(F)cc2F)cc2cnc(NC(C)(C)CO)nc21. The first-order valence-electron chi connectivity index (χ1n) is 19.1. The van der Waals surface area contributed by atoms with Crippen LogP contribution in [0, 0.1) is 23.3 Å². The van der Waals surface area contributed by atoms with Gasteiger partial charge in [0.05, 0.1) is 44.1 Å². The van der Waals surface area contributed by atoms with Crippen LogP contribution < -0.4 is 31.6 Å². The molecule has 2 aromatic carbocycles. The van der Waals surface area contributed by atoms with E-state index < -0.39 is 72.7 Å². The maximum Gasteiger partial charge on any atom is 0.295 e. The average molecular weight is 921 g/mol. The van der Waals surface area contributed by atoms with Crippen LogP contribution in [0.4, 0.5) is 23.5 Å². The van der Waals surface area contributed by atoms with Crippen molar-refractivity contribution in [3.63, 3.8) is 0 Å². The zero-order chi connectivity index (χ0) is 47.9. The number of aliphatic hydroxyl groups excluding tert-OH is 4. The zero-order valence-electron chi connectivity index (χ0n) is 35.7. The first-order valence-corrected chi connectivity index (χ1v) is 21.0. The Bertz CT molecular complexity index is 2850. The Morgan fingerprint density at radius 2 is 1.14 bits per heavy atom. The minimum absolute atomic E-state index is 0.0340. The molecule has 0 radical (unpaired) electrons. The van der Waals surface area contributed by atoms with E-state index in [1.165, 1.54) is 42.9 Å². The van der Waals surface area contributed by atoms with Gasteiger partial charge < -0.3 is 41.0 Å². The Morgan fingerprint density at radius 1 is 0.719 bits per heavy atom. The van der Waals surface area contributed by atoms with Gasteiger partial charge in [-0.1, -0.05) is 0 Å². The highest BCUT2D eigenvalue weighted by Crippen LogP contribution is 2.27. The Kier molecular flexibility index (Phi) is 16.3. The monoisotopic (exact) mass is 920 g/mol. The molecule has 346 valence electrons. The van der Waals surface area contributed by atoms with Gasteiger partial charge in [0.1, 0.15) is 22.9 Å². The first-order chi connectivity index (χ1) is 29.7. The molecule has 4 aromatic heterocycles. The maximum atomic E-state index is 14.0. The number of nitrogens with zero attached hydrogens (tertiary/aromatic N) is 6. The largest absolute Gasteiger partial charge is 0.448 e. The molecule has 0 bridgehead atoms. The standard InChI is InChI=1S/C20H22F2N4O4.C17H15F2N3O5S.C4H11NO/c1-11(28)9-26-17-12(8-23-19(24-17)25-20(2,3)10-27)6-16(18(26)29)30-15-5-4-13(21)7-14(15)22;1-9(23)8-22-15-10(7-20-17(21-15)28(2,25)26)5-14(16(22)24)27-13-4-3-11(18)6-12(13)19;1-4(2,5)3-6/h4-8,11,27-28H,9-10H2,1-3H3,(H,23,24,25);3-7,9,23H,8H2,1-2H3;6H,3,5H2,1-2H3/t11-;9-;/m01./s1. The molecule has 6 aromatic rings. The number of ether oxygens (including phenoxy) is 2. The summed E-state index contributed by atoms with van der Waals surface area (Å²) < 4.78 is 90.3. The molecule has 7 N–H and O–H groups in total. The third-order valence-electron chi connectivity index (χ3n) is 8.27. The van der Waals surface area contributed by atoms with Gasteiger partial charge in [0.15, 0.2) is 34.6 Å². The third-order valence-corrected chi connectivity index (χ3v) is 9.13. The van der Waals surface area contributed by atoms with Crippen molar-refractivity contribution in [1.29, 1.82) is 0 Å². The number of anilines is 1. The summed E-state index contributed by atoms with van der Waals surface area (Å²) in [6.07, 6.45) is 1.66. The number of halogens is 4. The number of nitrogens with one attached hydrogen (secondary N) is 1. The molecule has 0 spiro atoms. The third kappa shape index (κ3) is 13.7. The molecule has 0 saturated carbocycles. The molecule has 0 aliphatic heterocycles. The van der Waals surface area contributed by atoms with Gasteiger partial charge in [-0.05, 0) is 77.9 Å². The van der Waals surface area contributed by atoms with Crippen molar-refractivity contribution in [1.82, 2.24) is 29.1 Å². The molecule has 64 heavy (non-hydrogen) atoms. The molecule has 0 saturated heterocycles. The maximum absolute atomic E-state index is 14.0. The van der Waals surface area contributed by atoms with Crippen LogP contribution in [0.2, 0.25) is 0 Å². The number of aromatic nitrogens is 6. The number of hydrogen-bond donors (Lipinski definition) is 6. The summed E-state index contributed by atoms with van der Waals surface area (Å²) in [5, 5.41) is 40.4. The number of pyridine rings is 2. The van der Waals surface area contributed by atoms with Crippen LogP contribution in [0.5, 0.6) is 23.0 Å². The summed E-state index contributed by atoms with van der Waals surface area (Å²) in [5.74, 6) is -4.62. The molecule has 4 heterocycles. The summed E-state index contributed by atoms with van der Waals surface area (Å²) >= 11 is 0. The second kappa shape index (κ2) is 20.6. The van der Waals surface area contributed by atoms with E-state index >= 15 is 0 Å². The second-order valence-electron chi connectivity index (χ2n) is 15.9. The van der Waals surface area contributed by atoms with Gasteiger partial charge in [-0.15, -0.1) is 0 Å². The molecule has 0 aliphatic rings. The average Bonchev–Trinajstić information content (AvgIpc) is 3.19. The van der Waals surface area contributed by atoms with E-state index in [0.717, 1.165) is 35.1 Å².